The lowest BCUT2D eigenvalue weighted by Crippen LogP contribution is -2.38. The molecular formula is C26H31N7O. The number of allylic oxidation sites excluding steroid dienone is 3. The van der Waals surface area contributed by atoms with Crippen LogP contribution in [0, 0.1) is 5.41 Å². The Hall–Kier alpha value is -3.68. The molecule has 1 aliphatic carbocycles. The van der Waals surface area contributed by atoms with Crippen LogP contribution in [0.2, 0.25) is 0 Å². The van der Waals surface area contributed by atoms with Gasteiger partial charge in [-0.2, -0.15) is 0 Å². The van der Waals surface area contributed by atoms with Crippen LogP contribution in [-0.4, -0.2) is 50.8 Å². The summed E-state index contributed by atoms with van der Waals surface area (Å²) in [5.74, 6) is 1.31. The molecule has 2 aliphatic rings. The molecule has 0 amide bonds. The second-order valence-corrected chi connectivity index (χ2v) is 9.37. The predicted octanol–water partition coefficient (Wildman–Crippen LogP) is 4.02. The standard InChI is InChI=1S/C26H31N7O/c1-28-20-5-4-19(16-29-20)21-22-24(27)30-17-31-25(22)32(2)23(21)18-6-8-26(9-7-18)10-13-33(14-11-26)12-3-15-34/h3-6,12,15-17H,7-11,13-14H2,1-2H3,(H,28,29)(H2,27,30,31). The highest BCUT2D eigenvalue weighted by molar-refractivity contribution is 6.05. The second kappa shape index (κ2) is 8.93. The highest BCUT2D eigenvalue weighted by Gasteiger charge is 2.36. The second-order valence-electron chi connectivity index (χ2n) is 9.37. The number of likely N-dealkylation sites (tertiary alicyclic amines) is 1. The molecule has 176 valence electrons. The van der Waals surface area contributed by atoms with Crippen LogP contribution in [0.25, 0.3) is 27.7 Å². The van der Waals surface area contributed by atoms with Gasteiger partial charge in [0.2, 0.25) is 0 Å². The van der Waals surface area contributed by atoms with Gasteiger partial charge < -0.3 is 20.5 Å². The normalized spacial score (nSPS) is 17.9. The number of nitrogen functional groups attached to an aromatic ring is 1. The molecule has 3 aromatic rings. The van der Waals surface area contributed by atoms with Crippen LogP contribution in [0.5, 0.6) is 0 Å². The first kappa shape index (κ1) is 22.1. The number of anilines is 2. The van der Waals surface area contributed by atoms with Crippen molar-refractivity contribution in [1.29, 1.82) is 0 Å². The van der Waals surface area contributed by atoms with Gasteiger partial charge in [0.1, 0.15) is 29.9 Å². The van der Waals surface area contributed by atoms with Gasteiger partial charge in [0.15, 0.2) is 0 Å². The van der Waals surface area contributed by atoms with E-state index in [9.17, 15) is 4.79 Å². The third-order valence-corrected chi connectivity index (χ3v) is 7.55. The topological polar surface area (TPSA) is 102 Å². The number of carbonyl (C=O) groups is 1. The summed E-state index contributed by atoms with van der Waals surface area (Å²) in [6.45, 7) is 2.00. The molecular weight excluding hydrogens is 426 g/mol. The summed E-state index contributed by atoms with van der Waals surface area (Å²) in [5.41, 5.74) is 12.1. The molecule has 4 heterocycles. The molecule has 1 fully saturated rings. The summed E-state index contributed by atoms with van der Waals surface area (Å²) < 4.78 is 2.16. The zero-order valence-corrected chi connectivity index (χ0v) is 19.8. The number of carbonyl (C=O) groups excluding carboxylic acids is 1. The summed E-state index contributed by atoms with van der Waals surface area (Å²) in [7, 11) is 3.93. The predicted molar refractivity (Wildman–Crippen MR) is 136 cm³/mol. The van der Waals surface area contributed by atoms with E-state index in [1.54, 1.807) is 6.08 Å². The highest BCUT2D eigenvalue weighted by atomic mass is 16.1. The lowest BCUT2D eigenvalue weighted by Gasteiger charge is -2.43. The lowest BCUT2D eigenvalue weighted by atomic mass is 9.68. The maximum Gasteiger partial charge on any atom is 0.146 e. The van der Waals surface area contributed by atoms with Crippen LogP contribution in [0.3, 0.4) is 0 Å². The minimum atomic E-state index is 0.342. The molecule has 0 bridgehead atoms. The summed E-state index contributed by atoms with van der Waals surface area (Å²) in [6.07, 6.45) is 15.7. The fourth-order valence-electron chi connectivity index (χ4n) is 5.54. The van der Waals surface area contributed by atoms with Gasteiger partial charge in [-0.25, -0.2) is 15.0 Å². The molecule has 0 atom stereocenters. The number of aldehydes is 1. The number of rotatable bonds is 5. The van der Waals surface area contributed by atoms with Crippen molar-refractivity contribution in [3.63, 3.8) is 0 Å². The average Bonchev–Trinajstić information content (AvgIpc) is 3.18. The van der Waals surface area contributed by atoms with Crippen LogP contribution in [0.4, 0.5) is 11.6 Å². The third kappa shape index (κ3) is 3.83. The fraction of sp³-hybridized carbons (Fsp3) is 0.385. The van der Waals surface area contributed by atoms with Gasteiger partial charge in [-0.15, -0.1) is 0 Å². The number of nitrogens with zero attached hydrogens (tertiary/aromatic N) is 5. The van der Waals surface area contributed by atoms with E-state index in [-0.39, 0.29) is 0 Å². The first-order chi connectivity index (χ1) is 16.5. The molecule has 5 rings (SSSR count). The molecule has 0 aromatic carbocycles. The SMILES string of the molecule is CNc1ccc(-c2c(C3=CCC4(CC3)CCN(C=CC=O)CC4)n(C)c3ncnc(N)c23)cn1. The molecule has 8 nitrogen and oxygen atoms in total. The Morgan fingerprint density at radius 2 is 1.97 bits per heavy atom. The van der Waals surface area contributed by atoms with Crippen LogP contribution in [0.1, 0.15) is 37.8 Å². The Morgan fingerprint density at radius 1 is 1.15 bits per heavy atom. The van der Waals surface area contributed by atoms with Gasteiger partial charge in [-0.05, 0) is 61.3 Å². The summed E-state index contributed by atoms with van der Waals surface area (Å²) in [5, 5.41) is 3.97. The van der Waals surface area contributed by atoms with E-state index >= 15 is 0 Å². The van der Waals surface area contributed by atoms with Gasteiger partial charge in [0.05, 0.1) is 11.1 Å². The zero-order chi connectivity index (χ0) is 23.7. The number of hydrogen-bond acceptors (Lipinski definition) is 7. The first-order valence-corrected chi connectivity index (χ1v) is 11.8. The molecule has 3 N–H and O–H groups in total. The number of pyridine rings is 1. The van der Waals surface area contributed by atoms with Crippen molar-refractivity contribution in [1.82, 2.24) is 24.4 Å². The van der Waals surface area contributed by atoms with Crippen molar-refractivity contribution in [3.05, 3.63) is 48.7 Å². The summed E-state index contributed by atoms with van der Waals surface area (Å²) >= 11 is 0. The minimum absolute atomic E-state index is 0.342. The van der Waals surface area contributed by atoms with Crippen LogP contribution < -0.4 is 11.1 Å². The van der Waals surface area contributed by atoms with E-state index in [0.717, 1.165) is 85.2 Å². The minimum Gasteiger partial charge on any atom is -0.383 e. The monoisotopic (exact) mass is 457 g/mol. The molecule has 8 heteroatoms. The Morgan fingerprint density at radius 3 is 2.62 bits per heavy atom. The van der Waals surface area contributed by atoms with Gasteiger partial charge in [-0.1, -0.05) is 6.08 Å². The Bertz CT molecular complexity index is 1260. The number of hydrogen-bond donors (Lipinski definition) is 2. The summed E-state index contributed by atoms with van der Waals surface area (Å²) in [4.78, 5) is 26.3. The molecule has 1 saturated heterocycles. The molecule has 3 aromatic heterocycles. The van der Waals surface area contributed by atoms with Crippen LogP contribution in [-0.2, 0) is 11.8 Å². The zero-order valence-electron chi connectivity index (χ0n) is 19.8. The van der Waals surface area contributed by atoms with Crippen molar-refractivity contribution in [3.8, 4) is 11.1 Å². The lowest BCUT2D eigenvalue weighted by molar-refractivity contribution is -0.104. The smallest absolute Gasteiger partial charge is 0.146 e. The van der Waals surface area contributed by atoms with Crippen molar-refractivity contribution in [2.45, 2.75) is 32.1 Å². The molecule has 0 radical (unpaired) electrons. The van der Waals surface area contributed by atoms with Gasteiger partial charge in [-0.3, -0.25) is 4.79 Å². The third-order valence-electron chi connectivity index (χ3n) is 7.55. The van der Waals surface area contributed by atoms with Gasteiger partial charge in [0.25, 0.3) is 0 Å². The quantitative estimate of drug-likeness (QED) is 0.441. The number of aromatic nitrogens is 4. The van der Waals surface area contributed by atoms with E-state index in [1.165, 1.54) is 11.9 Å². The number of nitrogens with two attached hydrogens (primary N) is 1. The van der Waals surface area contributed by atoms with E-state index in [4.69, 9.17) is 5.73 Å². The molecule has 1 aliphatic heterocycles. The molecule has 34 heavy (non-hydrogen) atoms. The van der Waals surface area contributed by atoms with E-state index in [2.05, 4.69) is 48.9 Å². The Balaban J connectivity index is 1.52. The number of fused-ring (bicyclic) bond motifs is 1. The fourth-order valence-corrected chi connectivity index (χ4v) is 5.54. The van der Waals surface area contributed by atoms with Gasteiger partial charge >= 0.3 is 0 Å². The Labute approximate surface area is 199 Å². The molecule has 0 unspecified atom stereocenters. The largest absolute Gasteiger partial charge is 0.383 e. The maximum atomic E-state index is 10.6. The van der Waals surface area contributed by atoms with Gasteiger partial charge in [0, 0.05) is 50.7 Å². The molecule has 1 spiro atoms. The van der Waals surface area contributed by atoms with Crippen molar-refractivity contribution in [2.75, 3.05) is 31.2 Å². The van der Waals surface area contributed by atoms with E-state index in [0.29, 0.717) is 11.2 Å². The van der Waals surface area contributed by atoms with Crippen molar-refractivity contribution < 1.29 is 4.79 Å². The summed E-state index contributed by atoms with van der Waals surface area (Å²) in [6, 6.07) is 4.06. The number of aryl methyl sites for hydroxylation is 1. The average molecular weight is 458 g/mol. The van der Waals surface area contributed by atoms with Crippen LogP contribution >= 0.6 is 0 Å². The van der Waals surface area contributed by atoms with Crippen LogP contribution in [0.15, 0.2) is 43.0 Å². The van der Waals surface area contributed by atoms with Crippen molar-refractivity contribution >= 4 is 34.5 Å². The van der Waals surface area contributed by atoms with Crippen molar-refractivity contribution in [2.24, 2.45) is 12.5 Å². The first-order valence-electron chi connectivity index (χ1n) is 11.8. The molecule has 0 saturated carbocycles. The maximum absolute atomic E-state index is 10.6. The van der Waals surface area contributed by atoms with E-state index < -0.39 is 0 Å². The number of nitrogens with one attached hydrogen (secondary N) is 1. The Kier molecular flexibility index (Phi) is 5.81. The number of piperidine rings is 1. The highest BCUT2D eigenvalue weighted by Crippen LogP contribution is 2.48. The van der Waals surface area contributed by atoms with E-state index in [1.807, 2.05) is 25.5 Å².